The number of aryl methyl sites for hydroxylation is 1. The van der Waals surface area contributed by atoms with E-state index in [1.807, 2.05) is 0 Å². The first kappa shape index (κ1) is 16.7. The number of benzene rings is 1. The molecule has 0 saturated carbocycles. The molecule has 0 heterocycles. The SMILES string of the molecule is Cc1ccc(NC(=O)C(C)N)cc1C(F)(F)F.Cl. The van der Waals surface area contributed by atoms with Crippen LogP contribution >= 0.6 is 12.4 Å². The van der Waals surface area contributed by atoms with Crippen LogP contribution in [0.2, 0.25) is 0 Å². The maximum atomic E-state index is 12.6. The van der Waals surface area contributed by atoms with Gasteiger partial charge in [0.25, 0.3) is 0 Å². The summed E-state index contributed by atoms with van der Waals surface area (Å²) in [6.07, 6.45) is -4.43. The van der Waals surface area contributed by atoms with Gasteiger partial charge in [0.05, 0.1) is 11.6 Å². The molecule has 0 aromatic heterocycles. The lowest BCUT2D eigenvalue weighted by molar-refractivity contribution is -0.138. The fourth-order valence-corrected chi connectivity index (χ4v) is 1.26. The van der Waals surface area contributed by atoms with Crippen molar-refractivity contribution < 1.29 is 18.0 Å². The van der Waals surface area contributed by atoms with Gasteiger partial charge < -0.3 is 11.1 Å². The molecule has 1 atom stereocenters. The first-order valence-electron chi connectivity index (χ1n) is 4.96. The second kappa shape index (κ2) is 6.06. The molecule has 102 valence electrons. The zero-order valence-corrected chi connectivity index (χ0v) is 10.7. The predicted octanol–water partition coefficient (Wildman–Crippen LogP) is 2.72. The second-order valence-electron chi connectivity index (χ2n) is 3.81. The van der Waals surface area contributed by atoms with E-state index in [1.165, 1.54) is 26.0 Å². The highest BCUT2D eigenvalue weighted by atomic mass is 35.5. The van der Waals surface area contributed by atoms with E-state index < -0.39 is 23.7 Å². The average molecular weight is 283 g/mol. The monoisotopic (exact) mass is 282 g/mol. The van der Waals surface area contributed by atoms with Crippen molar-refractivity contribution in [2.45, 2.75) is 26.1 Å². The summed E-state index contributed by atoms with van der Waals surface area (Å²) in [5, 5.41) is 2.32. The molecule has 3 nitrogen and oxygen atoms in total. The molecule has 0 fully saturated rings. The third-order valence-electron chi connectivity index (χ3n) is 2.22. The molecule has 1 aromatic rings. The Morgan fingerprint density at radius 3 is 2.39 bits per heavy atom. The van der Waals surface area contributed by atoms with Crippen molar-refractivity contribution in [3.05, 3.63) is 29.3 Å². The lowest BCUT2D eigenvalue weighted by Gasteiger charge is -2.13. The summed E-state index contributed by atoms with van der Waals surface area (Å²) in [4.78, 5) is 11.2. The number of carbonyl (C=O) groups is 1. The summed E-state index contributed by atoms with van der Waals surface area (Å²) in [5.41, 5.74) is 4.74. The fourth-order valence-electron chi connectivity index (χ4n) is 1.26. The van der Waals surface area contributed by atoms with Crippen molar-refractivity contribution >= 4 is 24.0 Å². The first-order chi connectivity index (χ1) is 7.71. The van der Waals surface area contributed by atoms with Crippen LogP contribution in [-0.2, 0) is 11.0 Å². The van der Waals surface area contributed by atoms with E-state index in [1.54, 1.807) is 0 Å². The maximum Gasteiger partial charge on any atom is 0.416 e. The topological polar surface area (TPSA) is 55.1 Å². The van der Waals surface area contributed by atoms with Crippen LogP contribution in [0.25, 0.3) is 0 Å². The van der Waals surface area contributed by atoms with Crippen LogP contribution in [0.5, 0.6) is 0 Å². The van der Waals surface area contributed by atoms with Crippen LogP contribution in [0.15, 0.2) is 18.2 Å². The molecule has 0 spiro atoms. The highest BCUT2D eigenvalue weighted by Crippen LogP contribution is 2.33. The van der Waals surface area contributed by atoms with Gasteiger partial charge in [-0.05, 0) is 31.5 Å². The molecule has 1 unspecified atom stereocenters. The molecule has 7 heteroatoms. The molecule has 1 aromatic carbocycles. The Morgan fingerprint density at radius 2 is 1.94 bits per heavy atom. The summed E-state index contributed by atoms with van der Waals surface area (Å²) in [5.74, 6) is -0.526. The van der Waals surface area contributed by atoms with Crippen LogP contribution in [0.4, 0.5) is 18.9 Å². The number of hydrogen-bond donors (Lipinski definition) is 2. The van der Waals surface area contributed by atoms with Gasteiger partial charge in [-0.15, -0.1) is 12.4 Å². The maximum absolute atomic E-state index is 12.6. The van der Waals surface area contributed by atoms with E-state index in [4.69, 9.17) is 5.73 Å². The highest BCUT2D eigenvalue weighted by molar-refractivity contribution is 5.94. The largest absolute Gasteiger partial charge is 0.416 e. The molecule has 3 N–H and O–H groups in total. The first-order valence-corrected chi connectivity index (χ1v) is 4.96. The van der Waals surface area contributed by atoms with Gasteiger partial charge in [0, 0.05) is 5.69 Å². The average Bonchev–Trinajstić information content (AvgIpc) is 2.19. The van der Waals surface area contributed by atoms with E-state index in [2.05, 4.69) is 5.32 Å². The van der Waals surface area contributed by atoms with Crippen molar-refractivity contribution in [2.75, 3.05) is 5.32 Å². The summed E-state index contributed by atoms with van der Waals surface area (Å²) in [6, 6.07) is 2.84. The van der Waals surface area contributed by atoms with E-state index in [0.717, 1.165) is 6.07 Å². The van der Waals surface area contributed by atoms with E-state index >= 15 is 0 Å². The van der Waals surface area contributed by atoms with Crippen molar-refractivity contribution in [3.63, 3.8) is 0 Å². The minimum absolute atomic E-state index is 0. The Hall–Kier alpha value is -1.27. The molecule has 0 aliphatic rings. The third kappa shape index (κ3) is 4.19. The number of rotatable bonds is 2. The van der Waals surface area contributed by atoms with Crippen molar-refractivity contribution in [1.82, 2.24) is 0 Å². The number of nitrogens with one attached hydrogen (secondary N) is 1. The number of anilines is 1. The summed E-state index contributed by atoms with van der Waals surface area (Å²) in [7, 11) is 0. The zero-order chi connectivity index (χ0) is 13.2. The van der Waals surface area contributed by atoms with Crippen molar-refractivity contribution in [2.24, 2.45) is 5.73 Å². The minimum Gasteiger partial charge on any atom is -0.325 e. The van der Waals surface area contributed by atoms with Crippen molar-refractivity contribution in [3.8, 4) is 0 Å². The number of halogens is 4. The number of carbonyl (C=O) groups excluding carboxylic acids is 1. The molecule has 0 bridgehead atoms. The molecule has 1 rings (SSSR count). The summed E-state index contributed by atoms with van der Waals surface area (Å²) >= 11 is 0. The van der Waals surface area contributed by atoms with Gasteiger partial charge in [0.2, 0.25) is 5.91 Å². The van der Waals surface area contributed by atoms with Gasteiger partial charge >= 0.3 is 6.18 Å². The molecule has 1 amide bonds. The molecule has 18 heavy (non-hydrogen) atoms. The van der Waals surface area contributed by atoms with Crippen LogP contribution in [0.3, 0.4) is 0 Å². The molecule has 0 radical (unpaired) electrons. The molecular formula is C11H14ClF3N2O. The highest BCUT2D eigenvalue weighted by Gasteiger charge is 2.32. The lowest BCUT2D eigenvalue weighted by atomic mass is 10.1. The molecule has 0 aliphatic carbocycles. The Balaban J connectivity index is 0.00000289. The van der Waals surface area contributed by atoms with E-state index in [0.29, 0.717) is 0 Å². The Morgan fingerprint density at radius 1 is 1.39 bits per heavy atom. The molecule has 0 saturated heterocycles. The Labute approximate surface area is 109 Å². The van der Waals surface area contributed by atoms with Crippen LogP contribution in [0, 0.1) is 6.92 Å². The van der Waals surface area contributed by atoms with Crippen LogP contribution < -0.4 is 11.1 Å². The zero-order valence-electron chi connectivity index (χ0n) is 9.84. The number of amides is 1. The smallest absolute Gasteiger partial charge is 0.325 e. The number of nitrogens with two attached hydrogens (primary N) is 1. The van der Waals surface area contributed by atoms with E-state index in [9.17, 15) is 18.0 Å². The van der Waals surface area contributed by atoms with Gasteiger partial charge in [0.15, 0.2) is 0 Å². The van der Waals surface area contributed by atoms with Gasteiger partial charge in [0.1, 0.15) is 0 Å². The normalized spacial score (nSPS) is 12.6. The van der Waals surface area contributed by atoms with Crippen LogP contribution in [0.1, 0.15) is 18.1 Å². The number of alkyl halides is 3. The van der Waals surface area contributed by atoms with Crippen LogP contribution in [-0.4, -0.2) is 11.9 Å². The Bertz CT molecular complexity index is 433. The van der Waals surface area contributed by atoms with Crippen molar-refractivity contribution in [1.29, 1.82) is 0 Å². The van der Waals surface area contributed by atoms with Gasteiger partial charge in [-0.2, -0.15) is 13.2 Å². The quantitative estimate of drug-likeness (QED) is 0.876. The summed E-state index contributed by atoms with van der Waals surface area (Å²) < 4.78 is 37.8. The molecule has 0 aliphatic heterocycles. The van der Waals surface area contributed by atoms with Gasteiger partial charge in [-0.3, -0.25) is 4.79 Å². The summed E-state index contributed by atoms with van der Waals surface area (Å²) in [6.45, 7) is 2.81. The molecular weight excluding hydrogens is 269 g/mol. The van der Waals surface area contributed by atoms with Gasteiger partial charge in [-0.25, -0.2) is 0 Å². The number of hydrogen-bond acceptors (Lipinski definition) is 2. The lowest BCUT2D eigenvalue weighted by Crippen LogP contribution is -2.32. The minimum atomic E-state index is -4.43. The third-order valence-corrected chi connectivity index (χ3v) is 2.22. The van der Waals surface area contributed by atoms with Gasteiger partial charge in [-0.1, -0.05) is 6.07 Å². The second-order valence-corrected chi connectivity index (χ2v) is 3.81. The fraction of sp³-hybridized carbons (Fsp3) is 0.364. The Kier molecular flexibility index (Phi) is 5.63. The predicted molar refractivity (Wildman–Crippen MR) is 65.7 cm³/mol. The van der Waals surface area contributed by atoms with E-state index in [-0.39, 0.29) is 23.7 Å². The standard InChI is InChI=1S/C11H13F3N2O.ClH/c1-6-3-4-8(16-10(17)7(2)15)5-9(6)11(12,13)14;/h3-5,7H,15H2,1-2H3,(H,16,17);1H.